The Morgan fingerprint density at radius 3 is 1.00 bits per heavy atom. The predicted molar refractivity (Wildman–Crippen MR) is 23.3 cm³/mol. The molecule has 0 unspecified atom stereocenters. The molecule has 0 aromatic rings. The largest absolute Gasteiger partial charge is 1.00 e. The van der Waals surface area contributed by atoms with Crippen LogP contribution in [-0.2, 0) is 9.59 Å². The van der Waals surface area contributed by atoms with Crippen molar-refractivity contribution in [1.29, 1.82) is 0 Å². The van der Waals surface area contributed by atoms with Gasteiger partial charge in [0.25, 0.3) is 0 Å². The van der Waals surface area contributed by atoms with E-state index in [1.165, 1.54) is 0 Å². The van der Waals surface area contributed by atoms with Crippen LogP contribution in [0.2, 0.25) is 0 Å². The van der Waals surface area contributed by atoms with Gasteiger partial charge in [-0.05, 0) is 0 Å². The van der Waals surface area contributed by atoms with Crippen LogP contribution in [0.5, 0.6) is 0 Å². The Kier molecular flexibility index (Phi) is 13.9. The zero-order valence-electron chi connectivity index (χ0n) is 5.47. The first kappa shape index (κ1) is 16.7. The third-order valence-corrected chi connectivity index (χ3v) is 0.183. The molecule has 0 saturated carbocycles. The zero-order valence-corrected chi connectivity index (χ0v) is 7.47. The normalized spacial score (nSPS) is 6.18. The minimum atomic E-state index is -2.08. The maximum Gasteiger partial charge on any atom is 1.00 e. The molecular weight excluding hydrogens is 171 g/mol. The van der Waals surface area contributed by atoms with Crippen molar-refractivity contribution < 1.29 is 64.4 Å². The van der Waals surface area contributed by atoms with Gasteiger partial charge in [0.1, 0.15) is 0 Å². The van der Waals surface area contributed by atoms with Gasteiger partial charge in [-0.15, -0.1) is 0 Å². The summed E-state index contributed by atoms with van der Waals surface area (Å²) in [7, 11) is 0. The molecule has 0 atom stereocenters. The van der Waals surface area contributed by atoms with E-state index in [-0.39, 0.29) is 29.6 Å². The molecule has 0 aromatic carbocycles. The van der Waals surface area contributed by atoms with Crippen LogP contribution < -0.4 is 34.7 Å². The van der Waals surface area contributed by atoms with E-state index in [1.54, 1.807) is 0 Å². The summed E-state index contributed by atoms with van der Waals surface area (Å²) in [5.41, 5.74) is 0. The second-order valence-corrected chi connectivity index (χ2v) is 0.876. The van der Waals surface area contributed by atoms with Crippen LogP contribution in [0.25, 0.3) is 0 Å². The topological polar surface area (TPSA) is 135 Å². The molecule has 7 nitrogen and oxygen atoms in total. The molecule has 0 radical (unpaired) electrons. The van der Waals surface area contributed by atoms with Crippen LogP contribution in [0, 0.1) is 0 Å². The van der Waals surface area contributed by atoms with E-state index >= 15 is 0 Å². The second kappa shape index (κ2) is 9.21. The van der Waals surface area contributed by atoms with E-state index in [1.807, 2.05) is 0 Å². The minimum absolute atomic E-state index is 0. The smallest absolute Gasteiger partial charge is 0.565 e. The standard InChI is InChI=1S/C2H2O4.CH2O3.Na/c3-1(4)2(5)6;2-1(3)4;/h(H,3,4)(H,5,6);(H2,2,3,4);/q;;+1/p-1. The first-order valence-corrected chi connectivity index (χ1v) is 1.74. The van der Waals surface area contributed by atoms with Crippen LogP contribution >= 0.6 is 0 Å². The molecule has 3 N–H and O–H groups in total. The van der Waals surface area contributed by atoms with Crippen LogP contribution in [-0.4, -0.2) is 33.4 Å². The van der Waals surface area contributed by atoms with Gasteiger partial charge >= 0.3 is 41.5 Å². The summed E-state index contributed by atoms with van der Waals surface area (Å²) in [4.78, 5) is 26.6. The monoisotopic (exact) mass is 174 g/mol. The Morgan fingerprint density at radius 1 is 0.909 bits per heavy atom. The fraction of sp³-hybridized carbons (Fsp3) is 0. The molecule has 0 spiro atoms. The van der Waals surface area contributed by atoms with E-state index in [2.05, 4.69) is 0 Å². The summed E-state index contributed by atoms with van der Waals surface area (Å²) in [5, 5.41) is 30.1. The van der Waals surface area contributed by atoms with Crippen molar-refractivity contribution in [1.82, 2.24) is 0 Å². The van der Waals surface area contributed by atoms with E-state index in [0.717, 1.165) is 0 Å². The zero-order chi connectivity index (χ0) is 8.73. The molecule has 0 aromatic heterocycles. The van der Waals surface area contributed by atoms with E-state index in [4.69, 9.17) is 34.8 Å². The molecular formula is C3H3NaO7. The molecule has 0 fully saturated rings. The van der Waals surface area contributed by atoms with Crippen molar-refractivity contribution in [3.63, 3.8) is 0 Å². The molecule has 0 bridgehead atoms. The maximum absolute atomic E-state index is 9.10. The molecule has 0 aliphatic heterocycles. The fourth-order valence-corrected chi connectivity index (χ4v) is 0. The Hall–Kier alpha value is -0.790. The quantitative estimate of drug-likeness (QED) is 0.247. The molecule has 0 saturated heterocycles. The Bertz CT molecular complexity index is 136. The average molecular weight is 174 g/mol. The molecule has 0 amide bonds. The van der Waals surface area contributed by atoms with E-state index < -0.39 is 18.1 Å². The summed E-state index contributed by atoms with van der Waals surface area (Å²) in [6, 6.07) is 0. The number of hydrogen-bond donors (Lipinski definition) is 3. The van der Waals surface area contributed by atoms with Crippen molar-refractivity contribution in [3.05, 3.63) is 0 Å². The van der Waals surface area contributed by atoms with Gasteiger partial charge in [0.2, 0.25) is 6.16 Å². The average Bonchev–Trinajstić information content (AvgIpc) is 1.63. The van der Waals surface area contributed by atoms with Gasteiger partial charge in [-0.3, -0.25) is 0 Å². The fourth-order valence-electron chi connectivity index (χ4n) is 0. The number of aliphatic carboxylic acids is 2. The number of hydrogen-bond acceptors (Lipinski definition) is 4. The summed E-state index contributed by atoms with van der Waals surface area (Å²) < 4.78 is 0. The minimum Gasteiger partial charge on any atom is -0.565 e. The van der Waals surface area contributed by atoms with Crippen LogP contribution in [0.1, 0.15) is 0 Å². The number of rotatable bonds is 0. The van der Waals surface area contributed by atoms with Gasteiger partial charge in [0.05, 0.1) is 0 Å². The summed E-state index contributed by atoms with van der Waals surface area (Å²) in [6.45, 7) is 0. The number of carbonyl (C=O) groups is 3. The van der Waals surface area contributed by atoms with Gasteiger partial charge in [0.15, 0.2) is 0 Å². The van der Waals surface area contributed by atoms with Crippen LogP contribution in [0.3, 0.4) is 0 Å². The van der Waals surface area contributed by atoms with Crippen molar-refractivity contribution in [2.24, 2.45) is 0 Å². The SMILES string of the molecule is O=C(O)C(=O)O.O=C([O-])O.[Na+]. The van der Waals surface area contributed by atoms with Crippen LogP contribution in [0.4, 0.5) is 4.79 Å². The molecule has 0 aliphatic rings. The van der Waals surface area contributed by atoms with Crippen molar-refractivity contribution in [3.8, 4) is 0 Å². The van der Waals surface area contributed by atoms with E-state index in [9.17, 15) is 0 Å². The number of carboxylic acid groups (broad SMARTS) is 4. The van der Waals surface area contributed by atoms with Gasteiger partial charge < -0.3 is 25.2 Å². The maximum atomic E-state index is 9.10. The molecule has 0 aliphatic carbocycles. The predicted octanol–water partition coefficient (Wildman–Crippen LogP) is -4.95. The Labute approximate surface area is 82.5 Å². The molecule has 0 heterocycles. The van der Waals surface area contributed by atoms with Gasteiger partial charge in [-0.1, -0.05) is 0 Å². The summed E-state index contributed by atoms with van der Waals surface area (Å²) in [6.07, 6.45) is -2.08. The van der Waals surface area contributed by atoms with Crippen molar-refractivity contribution >= 4 is 18.1 Å². The summed E-state index contributed by atoms with van der Waals surface area (Å²) >= 11 is 0. The first-order valence-electron chi connectivity index (χ1n) is 1.74. The van der Waals surface area contributed by atoms with Crippen molar-refractivity contribution in [2.75, 3.05) is 0 Å². The second-order valence-electron chi connectivity index (χ2n) is 0.876. The van der Waals surface area contributed by atoms with Gasteiger partial charge in [0, 0.05) is 0 Å². The summed E-state index contributed by atoms with van der Waals surface area (Å²) in [5.74, 6) is -3.65. The van der Waals surface area contributed by atoms with Gasteiger partial charge in [-0.25, -0.2) is 9.59 Å². The Balaban J connectivity index is -0.000000114. The first-order chi connectivity index (χ1) is 4.37. The molecule has 8 heteroatoms. The third-order valence-electron chi connectivity index (χ3n) is 0.183. The molecule has 0 rings (SSSR count). The Morgan fingerprint density at radius 2 is 1.00 bits per heavy atom. The van der Waals surface area contributed by atoms with Gasteiger partial charge in [-0.2, -0.15) is 0 Å². The van der Waals surface area contributed by atoms with E-state index in [0.29, 0.717) is 0 Å². The van der Waals surface area contributed by atoms with Crippen LogP contribution in [0.15, 0.2) is 0 Å². The molecule has 58 valence electrons. The van der Waals surface area contributed by atoms with Crippen molar-refractivity contribution in [2.45, 2.75) is 0 Å². The third kappa shape index (κ3) is 46.5. The number of carboxylic acids is 2. The molecule has 11 heavy (non-hydrogen) atoms.